The number of rotatable bonds is 1. The topological polar surface area (TPSA) is 60.2 Å². The summed E-state index contributed by atoms with van der Waals surface area (Å²) in [6.07, 6.45) is 1.64. The first-order valence-electron chi connectivity index (χ1n) is 4.42. The molecule has 1 aromatic carbocycles. The second-order valence-corrected chi connectivity index (χ2v) is 3.95. The lowest BCUT2D eigenvalue weighted by Crippen LogP contribution is -2.24. The monoisotopic (exact) mass is 250 g/mol. The predicted molar refractivity (Wildman–Crippen MR) is 66.1 cm³/mol. The average Bonchev–Trinajstić information content (AvgIpc) is 2.33. The van der Waals surface area contributed by atoms with Crippen molar-refractivity contribution in [2.75, 3.05) is 0 Å². The second-order valence-electron chi connectivity index (χ2n) is 2.90. The summed E-state index contributed by atoms with van der Waals surface area (Å²) in [7, 11) is 0. The lowest BCUT2D eigenvalue weighted by atomic mass is 10.2. The quantitative estimate of drug-likeness (QED) is 0.752. The molecule has 0 unspecified atom stereocenters. The molecule has 0 saturated carbocycles. The van der Waals surface area contributed by atoms with Gasteiger partial charge in [0.15, 0.2) is 5.84 Å². The minimum Gasteiger partial charge on any atom is -0.317 e. The van der Waals surface area contributed by atoms with Gasteiger partial charge in [0.1, 0.15) is 11.1 Å². The SMILES string of the molecule is N#Cc1ccccc1N=C1NSNC=C1Cl. The van der Waals surface area contributed by atoms with Crippen LogP contribution in [0.4, 0.5) is 5.69 Å². The molecule has 1 aromatic rings. The van der Waals surface area contributed by atoms with Crippen molar-refractivity contribution in [1.82, 2.24) is 9.44 Å². The third-order valence-corrected chi connectivity index (χ3v) is 2.69. The van der Waals surface area contributed by atoms with E-state index in [1.807, 2.05) is 6.07 Å². The van der Waals surface area contributed by atoms with Gasteiger partial charge in [0.05, 0.1) is 23.4 Å². The molecule has 16 heavy (non-hydrogen) atoms. The Morgan fingerprint density at radius 2 is 2.19 bits per heavy atom. The Kier molecular flexibility index (Phi) is 3.34. The predicted octanol–water partition coefficient (Wildman–Crippen LogP) is 2.42. The fourth-order valence-corrected chi connectivity index (χ4v) is 1.89. The van der Waals surface area contributed by atoms with Gasteiger partial charge < -0.3 is 4.72 Å². The number of nitrogens with zero attached hydrogens (tertiary/aromatic N) is 2. The number of nitrogens with one attached hydrogen (secondary N) is 2. The highest BCUT2D eigenvalue weighted by atomic mass is 35.5. The lowest BCUT2D eigenvalue weighted by molar-refractivity contribution is 1.29. The van der Waals surface area contributed by atoms with Gasteiger partial charge in [-0.3, -0.25) is 4.72 Å². The highest BCUT2D eigenvalue weighted by Gasteiger charge is 2.10. The maximum atomic E-state index is 8.91. The van der Waals surface area contributed by atoms with Crippen LogP contribution in [0.1, 0.15) is 5.56 Å². The molecule has 0 atom stereocenters. The van der Waals surface area contributed by atoms with Gasteiger partial charge >= 0.3 is 0 Å². The van der Waals surface area contributed by atoms with Gasteiger partial charge in [0.2, 0.25) is 0 Å². The van der Waals surface area contributed by atoms with Crippen LogP contribution >= 0.6 is 23.7 Å². The third-order valence-electron chi connectivity index (χ3n) is 1.88. The average molecular weight is 251 g/mol. The van der Waals surface area contributed by atoms with Crippen molar-refractivity contribution in [3.8, 4) is 6.07 Å². The zero-order valence-corrected chi connectivity index (χ0v) is 9.64. The molecule has 6 heteroatoms. The van der Waals surface area contributed by atoms with Crippen LogP contribution in [0.25, 0.3) is 0 Å². The van der Waals surface area contributed by atoms with Crippen LogP contribution in [0.3, 0.4) is 0 Å². The molecule has 0 saturated heterocycles. The van der Waals surface area contributed by atoms with Gasteiger partial charge in [0.25, 0.3) is 0 Å². The Morgan fingerprint density at radius 3 is 2.94 bits per heavy atom. The summed E-state index contributed by atoms with van der Waals surface area (Å²) in [5.41, 5.74) is 1.12. The van der Waals surface area contributed by atoms with Gasteiger partial charge in [-0.2, -0.15) is 5.26 Å². The maximum absolute atomic E-state index is 8.91. The van der Waals surface area contributed by atoms with E-state index in [2.05, 4.69) is 20.5 Å². The first kappa shape index (κ1) is 10.9. The van der Waals surface area contributed by atoms with E-state index in [4.69, 9.17) is 16.9 Å². The van der Waals surface area contributed by atoms with Crippen LogP contribution in [-0.4, -0.2) is 5.84 Å². The summed E-state index contributed by atoms with van der Waals surface area (Å²) in [4.78, 5) is 4.29. The Morgan fingerprint density at radius 1 is 1.38 bits per heavy atom. The highest BCUT2D eigenvalue weighted by molar-refractivity contribution is 7.96. The zero-order valence-electron chi connectivity index (χ0n) is 8.07. The summed E-state index contributed by atoms with van der Waals surface area (Å²) in [6, 6.07) is 9.18. The number of aliphatic imine (C=N–C) groups is 1. The van der Waals surface area contributed by atoms with Crippen LogP contribution in [0, 0.1) is 11.3 Å². The zero-order chi connectivity index (χ0) is 11.4. The van der Waals surface area contributed by atoms with Gasteiger partial charge in [-0.1, -0.05) is 23.7 Å². The minimum atomic E-state index is 0.478. The Labute approximate surface area is 102 Å². The van der Waals surface area contributed by atoms with Crippen molar-refractivity contribution in [3.63, 3.8) is 0 Å². The molecule has 2 N–H and O–H groups in total. The van der Waals surface area contributed by atoms with E-state index < -0.39 is 0 Å². The van der Waals surface area contributed by atoms with Crippen LogP contribution in [0.2, 0.25) is 0 Å². The molecule has 1 heterocycles. The van der Waals surface area contributed by atoms with Crippen molar-refractivity contribution in [2.24, 2.45) is 4.99 Å². The van der Waals surface area contributed by atoms with E-state index >= 15 is 0 Å². The number of hydrogen-bond acceptors (Lipinski definition) is 4. The molecule has 0 amide bonds. The molecule has 0 radical (unpaired) electrons. The molecule has 2 rings (SSSR count). The summed E-state index contributed by atoms with van der Waals surface area (Å²) in [5, 5.41) is 9.39. The number of benzene rings is 1. The molecule has 0 aromatic heterocycles. The Bertz CT molecular complexity index is 504. The van der Waals surface area contributed by atoms with Gasteiger partial charge in [-0.25, -0.2) is 4.99 Å². The van der Waals surface area contributed by atoms with Crippen molar-refractivity contribution < 1.29 is 0 Å². The first-order chi connectivity index (χ1) is 7.81. The van der Waals surface area contributed by atoms with E-state index in [1.165, 1.54) is 12.1 Å². The molecule has 1 aliphatic heterocycles. The standard InChI is InChI=1S/C10H7ClN4S/c11-8-6-13-16-15-10(8)14-9-4-2-1-3-7(9)5-12/h1-4,6,13H,(H,14,15). The summed E-state index contributed by atoms with van der Waals surface area (Å²) < 4.78 is 5.76. The normalized spacial score (nSPS) is 17.0. The van der Waals surface area contributed by atoms with E-state index in [1.54, 1.807) is 24.4 Å². The number of halogens is 1. The fourth-order valence-electron chi connectivity index (χ4n) is 1.14. The Balaban J connectivity index is 2.39. The van der Waals surface area contributed by atoms with Gasteiger partial charge in [0, 0.05) is 6.20 Å². The maximum Gasteiger partial charge on any atom is 0.158 e. The van der Waals surface area contributed by atoms with E-state index in [0.717, 1.165) is 0 Å². The Hall–Kier alpha value is -1.64. The van der Waals surface area contributed by atoms with Crippen LogP contribution in [0.15, 0.2) is 40.5 Å². The largest absolute Gasteiger partial charge is 0.317 e. The molecule has 0 spiro atoms. The number of hydrogen-bond donors (Lipinski definition) is 2. The fraction of sp³-hybridized carbons (Fsp3) is 0. The number of amidine groups is 1. The smallest absolute Gasteiger partial charge is 0.158 e. The van der Waals surface area contributed by atoms with Crippen LogP contribution in [-0.2, 0) is 0 Å². The van der Waals surface area contributed by atoms with Crippen LogP contribution < -0.4 is 9.44 Å². The van der Waals surface area contributed by atoms with Crippen molar-refractivity contribution in [2.45, 2.75) is 0 Å². The summed E-state index contributed by atoms with van der Waals surface area (Å²) >= 11 is 7.20. The summed E-state index contributed by atoms with van der Waals surface area (Å²) in [5.74, 6) is 0.535. The molecule has 0 bridgehead atoms. The summed E-state index contributed by atoms with van der Waals surface area (Å²) in [6.45, 7) is 0. The molecule has 4 nitrogen and oxygen atoms in total. The molecule has 0 aliphatic carbocycles. The van der Waals surface area contributed by atoms with Crippen molar-refractivity contribution in [1.29, 1.82) is 5.26 Å². The molecular weight excluding hydrogens is 244 g/mol. The van der Waals surface area contributed by atoms with Gasteiger partial charge in [-0.05, 0) is 12.1 Å². The number of para-hydroxylation sites is 1. The molecule has 1 aliphatic rings. The number of nitriles is 1. The lowest BCUT2D eigenvalue weighted by Gasteiger charge is -2.13. The highest BCUT2D eigenvalue weighted by Crippen LogP contribution is 2.20. The van der Waals surface area contributed by atoms with Crippen molar-refractivity contribution in [3.05, 3.63) is 41.1 Å². The van der Waals surface area contributed by atoms with E-state index in [0.29, 0.717) is 22.1 Å². The third kappa shape index (κ3) is 2.30. The first-order valence-corrected chi connectivity index (χ1v) is 5.62. The minimum absolute atomic E-state index is 0.478. The molecular formula is C10H7ClN4S. The molecule has 0 fully saturated rings. The second kappa shape index (κ2) is 4.92. The molecule has 80 valence electrons. The van der Waals surface area contributed by atoms with Crippen molar-refractivity contribution >= 4 is 35.3 Å². The van der Waals surface area contributed by atoms with E-state index in [-0.39, 0.29) is 0 Å². The van der Waals surface area contributed by atoms with E-state index in [9.17, 15) is 0 Å². The van der Waals surface area contributed by atoms with Gasteiger partial charge in [-0.15, -0.1) is 0 Å². The van der Waals surface area contributed by atoms with Crippen LogP contribution in [0.5, 0.6) is 0 Å².